The Kier molecular flexibility index (Phi) is 5.45. The molecule has 0 saturated heterocycles. The number of rotatable bonds is 6. The summed E-state index contributed by atoms with van der Waals surface area (Å²) in [6, 6.07) is 1.56. The van der Waals surface area contributed by atoms with E-state index in [-0.39, 0.29) is 6.10 Å². The molecule has 1 unspecified atom stereocenters. The molecule has 16 heavy (non-hydrogen) atoms. The Morgan fingerprint density at radius 1 is 1.31 bits per heavy atom. The van der Waals surface area contributed by atoms with E-state index >= 15 is 0 Å². The van der Waals surface area contributed by atoms with E-state index in [2.05, 4.69) is 9.97 Å². The molecule has 1 aromatic heterocycles. The minimum atomic E-state index is -0.0913. The van der Waals surface area contributed by atoms with Crippen molar-refractivity contribution >= 4 is 11.6 Å². The van der Waals surface area contributed by atoms with Gasteiger partial charge in [-0.1, -0.05) is 11.6 Å². The Bertz CT molecular complexity index is 336. The van der Waals surface area contributed by atoms with E-state index in [9.17, 15) is 0 Å². The van der Waals surface area contributed by atoms with Crippen molar-refractivity contribution in [3.63, 3.8) is 0 Å². The number of methoxy groups -OCH3 is 2. The zero-order valence-electron chi connectivity index (χ0n) is 9.57. The maximum absolute atomic E-state index is 5.83. The van der Waals surface area contributed by atoms with E-state index in [1.54, 1.807) is 20.3 Å². The van der Waals surface area contributed by atoms with Crippen LogP contribution < -0.4 is 4.74 Å². The van der Waals surface area contributed by atoms with Gasteiger partial charge in [0.15, 0.2) is 5.82 Å². The van der Waals surface area contributed by atoms with Crippen molar-refractivity contribution in [3.8, 4) is 5.88 Å². The molecule has 1 atom stereocenters. The van der Waals surface area contributed by atoms with Crippen molar-refractivity contribution in [2.45, 2.75) is 19.6 Å². The number of hydrogen-bond donors (Lipinski definition) is 0. The first-order valence-electron chi connectivity index (χ1n) is 4.83. The zero-order valence-corrected chi connectivity index (χ0v) is 10.3. The molecule has 1 aromatic rings. The van der Waals surface area contributed by atoms with Crippen molar-refractivity contribution in [3.05, 3.63) is 17.0 Å². The van der Waals surface area contributed by atoms with Crippen LogP contribution in [0.4, 0.5) is 0 Å². The highest BCUT2D eigenvalue weighted by Gasteiger charge is 2.08. The predicted octanol–water partition coefficient (Wildman–Crippen LogP) is 1.69. The Balaban J connectivity index is 2.71. The number of nitrogens with zero attached hydrogens (tertiary/aromatic N) is 2. The molecule has 0 aromatic carbocycles. The van der Waals surface area contributed by atoms with Crippen LogP contribution in [0.5, 0.6) is 5.88 Å². The molecule has 6 heteroatoms. The second-order valence-electron chi connectivity index (χ2n) is 3.26. The van der Waals surface area contributed by atoms with Crippen molar-refractivity contribution in [2.75, 3.05) is 20.8 Å². The summed E-state index contributed by atoms with van der Waals surface area (Å²) in [5.74, 6) is 0.922. The fourth-order valence-electron chi connectivity index (χ4n) is 1.17. The Hall–Kier alpha value is -0.910. The van der Waals surface area contributed by atoms with Gasteiger partial charge in [0.25, 0.3) is 0 Å². The monoisotopic (exact) mass is 246 g/mol. The molecule has 1 heterocycles. The SMILES string of the molecule is COCc1nc(Cl)cc(OC(C)COC)n1. The lowest BCUT2D eigenvalue weighted by Gasteiger charge is -2.13. The van der Waals surface area contributed by atoms with Crippen LogP contribution in [-0.4, -0.2) is 36.9 Å². The van der Waals surface area contributed by atoms with E-state index in [1.807, 2.05) is 6.92 Å². The van der Waals surface area contributed by atoms with Gasteiger partial charge in [-0.3, -0.25) is 0 Å². The predicted molar refractivity (Wildman–Crippen MR) is 59.7 cm³/mol. The van der Waals surface area contributed by atoms with E-state index < -0.39 is 0 Å². The van der Waals surface area contributed by atoms with Crippen LogP contribution in [0, 0.1) is 0 Å². The highest BCUT2D eigenvalue weighted by molar-refractivity contribution is 6.29. The number of hydrogen-bond acceptors (Lipinski definition) is 5. The van der Waals surface area contributed by atoms with Gasteiger partial charge in [0, 0.05) is 20.3 Å². The molecule has 90 valence electrons. The summed E-state index contributed by atoms with van der Waals surface area (Å²) in [5, 5.41) is 0.335. The summed E-state index contributed by atoms with van der Waals surface area (Å²) in [6.45, 7) is 2.67. The molecular weight excluding hydrogens is 232 g/mol. The Morgan fingerprint density at radius 2 is 2.06 bits per heavy atom. The van der Waals surface area contributed by atoms with E-state index in [0.29, 0.717) is 30.1 Å². The lowest BCUT2D eigenvalue weighted by atomic mass is 10.4. The molecule has 0 aliphatic heterocycles. The van der Waals surface area contributed by atoms with Gasteiger partial charge in [0.05, 0.1) is 6.61 Å². The average Bonchev–Trinajstić information content (AvgIpc) is 2.17. The summed E-state index contributed by atoms with van der Waals surface area (Å²) >= 11 is 5.83. The molecule has 0 fully saturated rings. The molecular formula is C10H15ClN2O3. The minimum Gasteiger partial charge on any atom is -0.472 e. The molecule has 0 radical (unpaired) electrons. The quantitative estimate of drug-likeness (QED) is 0.715. The number of ether oxygens (including phenoxy) is 3. The normalized spacial score (nSPS) is 12.5. The maximum atomic E-state index is 5.83. The standard InChI is InChI=1S/C10H15ClN2O3/c1-7(5-14-2)16-10-4-8(11)12-9(13-10)6-15-3/h4,7H,5-6H2,1-3H3. The molecule has 0 aliphatic rings. The van der Waals surface area contributed by atoms with Crippen LogP contribution in [0.1, 0.15) is 12.7 Å². The molecule has 0 saturated carbocycles. The van der Waals surface area contributed by atoms with E-state index in [4.69, 9.17) is 25.8 Å². The van der Waals surface area contributed by atoms with Crippen molar-refractivity contribution in [1.82, 2.24) is 9.97 Å². The first-order chi connectivity index (χ1) is 7.65. The summed E-state index contributed by atoms with van der Waals surface area (Å²) in [7, 11) is 3.18. The van der Waals surface area contributed by atoms with Gasteiger partial charge in [0.1, 0.15) is 17.9 Å². The second kappa shape index (κ2) is 6.62. The topological polar surface area (TPSA) is 53.5 Å². The molecule has 5 nitrogen and oxygen atoms in total. The average molecular weight is 247 g/mol. The zero-order chi connectivity index (χ0) is 12.0. The van der Waals surface area contributed by atoms with Gasteiger partial charge in [0.2, 0.25) is 5.88 Å². The Morgan fingerprint density at radius 3 is 2.69 bits per heavy atom. The van der Waals surface area contributed by atoms with Crippen molar-refractivity contribution in [2.24, 2.45) is 0 Å². The van der Waals surface area contributed by atoms with Crippen LogP contribution in [0.25, 0.3) is 0 Å². The first-order valence-corrected chi connectivity index (χ1v) is 5.21. The van der Waals surface area contributed by atoms with Crippen LogP contribution in [0.15, 0.2) is 6.07 Å². The highest BCUT2D eigenvalue weighted by Crippen LogP contribution is 2.15. The summed E-state index contributed by atoms with van der Waals surface area (Å²) in [6.07, 6.45) is -0.0913. The smallest absolute Gasteiger partial charge is 0.218 e. The lowest BCUT2D eigenvalue weighted by Crippen LogP contribution is -2.19. The van der Waals surface area contributed by atoms with Crippen molar-refractivity contribution in [1.29, 1.82) is 0 Å². The van der Waals surface area contributed by atoms with Gasteiger partial charge >= 0.3 is 0 Å². The second-order valence-corrected chi connectivity index (χ2v) is 3.65. The van der Waals surface area contributed by atoms with E-state index in [1.165, 1.54) is 0 Å². The fraction of sp³-hybridized carbons (Fsp3) is 0.600. The maximum Gasteiger partial charge on any atom is 0.218 e. The number of aromatic nitrogens is 2. The summed E-state index contributed by atoms with van der Waals surface area (Å²) in [4.78, 5) is 8.14. The number of halogens is 1. The van der Waals surface area contributed by atoms with Gasteiger partial charge in [-0.15, -0.1) is 0 Å². The van der Waals surface area contributed by atoms with Crippen LogP contribution in [-0.2, 0) is 16.1 Å². The van der Waals surface area contributed by atoms with Crippen LogP contribution >= 0.6 is 11.6 Å². The molecule has 0 N–H and O–H groups in total. The third-order valence-electron chi connectivity index (χ3n) is 1.71. The van der Waals surface area contributed by atoms with Gasteiger partial charge in [-0.05, 0) is 6.92 Å². The minimum absolute atomic E-state index is 0.0913. The summed E-state index contributed by atoms with van der Waals surface area (Å²) < 4.78 is 15.4. The highest BCUT2D eigenvalue weighted by atomic mass is 35.5. The largest absolute Gasteiger partial charge is 0.472 e. The van der Waals surface area contributed by atoms with Crippen molar-refractivity contribution < 1.29 is 14.2 Å². The van der Waals surface area contributed by atoms with Gasteiger partial charge < -0.3 is 14.2 Å². The molecule has 0 spiro atoms. The first kappa shape index (κ1) is 13.2. The summed E-state index contributed by atoms with van der Waals surface area (Å²) in [5.41, 5.74) is 0. The lowest BCUT2D eigenvalue weighted by molar-refractivity contribution is 0.0881. The van der Waals surface area contributed by atoms with Gasteiger partial charge in [-0.2, -0.15) is 4.98 Å². The molecule has 0 aliphatic carbocycles. The van der Waals surface area contributed by atoms with Gasteiger partial charge in [-0.25, -0.2) is 4.98 Å². The fourth-order valence-corrected chi connectivity index (χ4v) is 1.36. The van der Waals surface area contributed by atoms with E-state index in [0.717, 1.165) is 0 Å². The molecule has 0 amide bonds. The van der Waals surface area contributed by atoms with Crippen LogP contribution in [0.3, 0.4) is 0 Å². The third kappa shape index (κ3) is 4.30. The molecule has 0 bridgehead atoms. The van der Waals surface area contributed by atoms with Crippen LogP contribution in [0.2, 0.25) is 5.15 Å². The third-order valence-corrected chi connectivity index (χ3v) is 1.91. The Labute approximate surface area is 99.7 Å². The molecule has 1 rings (SSSR count).